The van der Waals surface area contributed by atoms with Crippen molar-refractivity contribution in [1.29, 1.82) is 0 Å². The highest BCUT2D eigenvalue weighted by molar-refractivity contribution is 7.88. The van der Waals surface area contributed by atoms with E-state index in [1.807, 2.05) is 31.3 Å². The van der Waals surface area contributed by atoms with E-state index in [2.05, 4.69) is 17.0 Å². The smallest absolute Gasteiger partial charge is 0.215 e. The Bertz CT molecular complexity index is 557. The average Bonchev–Trinajstić information content (AvgIpc) is 2.83. The molecular formula is C16H26N2O2S. The molecule has 1 saturated carbocycles. The SMILES string of the molecule is CNCc1cccc(CS(=O)(=O)NCC2CCC(C)C2)c1. The summed E-state index contributed by atoms with van der Waals surface area (Å²) < 4.78 is 27.1. The summed E-state index contributed by atoms with van der Waals surface area (Å²) in [4.78, 5) is 0. The van der Waals surface area contributed by atoms with Gasteiger partial charge in [-0.3, -0.25) is 0 Å². The van der Waals surface area contributed by atoms with Crippen LogP contribution in [-0.4, -0.2) is 22.0 Å². The first-order valence-electron chi connectivity index (χ1n) is 7.68. The van der Waals surface area contributed by atoms with E-state index in [-0.39, 0.29) is 5.75 Å². The number of sulfonamides is 1. The van der Waals surface area contributed by atoms with Crippen molar-refractivity contribution in [2.75, 3.05) is 13.6 Å². The second-order valence-corrected chi connectivity index (χ2v) is 8.05. The van der Waals surface area contributed by atoms with Gasteiger partial charge in [0.1, 0.15) is 0 Å². The molecule has 0 heterocycles. The fourth-order valence-corrected chi connectivity index (χ4v) is 4.27. The molecule has 5 heteroatoms. The minimum absolute atomic E-state index is 0.0623. The van der Waals surface area contributed by atoms with Crippen molar-refractivity contribution >= 4 is 10.0 Å². The molecule has 4 nitrogen and oxygen atoms in total. The Morgan fingerprint density at radius 3 is 2.67 bits per heavy atom. The molecule has 0 amide bonds. The van der Waals surface area contributed by atoms with E-state index in [4.69, 9.17) is 0 Å². The van der Waals surface area contributed by atoms with Gasteiger partial charge in [-0.1, -0.05) is 37.6 Å². The molecule has 2 unspecified atom stereocenters. The maximum atomic E-state index is 12.2. The van der Waals surface area contributed by atoms with Crippen molar-refractivity contribution in [2.24, 2.45) is 11.8 Å². The van der Waals surface area contributed by atoms with Crippen LogP contribution in [0.15, 0.2) is 24.3 Å². The van der Waals surface area contributed by atoms with Crippen LogP contribution in [0.3, 0.4) is 0 Å². The quantitative estimate of drug-likeness (QED) is 0.812. The zero-order valence-corrected chi connectivity index (χ0v) is 13.7. The summed E-state index contributed by atoms with van der Waals surface area (Å²) in [5, 5.41) is 3.08. The Hall–Kier alpha value is -0.910. The summed E-state index contributed by atoms with van der Waals surface area (Å²) in [5.41, 5.74) is 1.95. The number of hydrogen-bond donors (Lipinski definition) is 2. The zero-order valence-electron chi connectivity index (χ0n) is 12.9. The van der Waals surface area contributed by atoms with E-state index in [0.717, 1.165) is 36.4 Å². The van der Waals surface area contributed by atoms with Gasteiger partial charge in [-0.25, -0.2) is 13.1 Å². The summed E-state index contributed by atoms with van der Waals surface area (Å²) in [7, 11) is -1.36. The topological polar surface area (TPSA) is 58.2 Å². The van der Waals surface area contributed by atoms with Gasteiger partial charge in [0.05, 0.1) is 5.75 Å². The lowest BCUT2D eigenvalue weighted by molar-refractivity contribution is 0.498. The van der Waals surface area contributed by atoms with Crippen molar-refractivity contribution in [3.8, 4) is 0 Å². The summed E-state index contributed by atoms with van der Waals surface area (Å²) >= 11 is 0. The molecule has 0 aromatic heterocycles. The van der Waals surface area contributed by atoms with Crippen LogP contribution in [-0.2, 0) is 22.3 Å². The number of nitrogens with one attached hydrogen (secondary N) is 2. The van der Waals surface area contributed by atoms with Crippen LogP contribution in [0.25, 0.3) is 0 Å². The lowest BCUT2D eigenvalue weighted by atomic mass is 10.1. The van der Waals surface area contributed by atoms with Gasteiger partial charge in [0.15, 0.2) is 0 Å². The molecule has 21 heavy (non-hydrogen) atoms. The van der Waals surface area contributed by atoms with Gasteiger partial charge in [0.2, 0.25) is 10.0 Å². The minimum atomic E-state index is -3.24. The fourth-order valence-electron chi connectivity index (χ4n) is 3.06. The van der Waals surface area contributed by atoms with Crippen molar-refractivity contribution < 1.29 is 8.42 Å². The third-order valence-corrected chi connectivity index (χ3v) is 5.44. The van der Waals surface area contributed by atoms with Gasteiger partial charge >= 0.3 is 0 Å². The third-order valence-electron chi connectivity index (χ3n) is 4.12. The monoisotopic (exact) mass is 310 g/mol. The number of benzene rings is 1. The van der Waals surface area contributed by atoms with E-state index in [1.165, 1.54) is 6.42 Å². The van der Waals surface area contributed by atoms with E-state index in [1.54, 1.807) is 0 Å². The lowest BCUT2D eigenvalue weighted by Crippen LogP contribution is -2.29. The second-order valence-electron chi connectivity index (χ2n) is 6.24. The summed E-state index contributed by atoms with van der Waals surface area (Å²) in [6, 6.07) is 7.74. The first-order valence-corrected chi connectivity index (χ1v) is 9.33. The molecule has 1 aromatic rings. The van der Waals surface area contributed by atoms with Gasteiger partial charge < -0.3 is 5.32 Å². The lowest BCUT2D eigenvalue weighted by Gasteiger charge is -2.12. The molecule has 1 aromatic carbocycles. The van der Waals surface area contributed by atoms with E-state index >= 15 is 0 Å². The van der Waals surface area contributed by atoms with Crippen molar-refractivity contribution in [1.82, 2.24) is 10.0 Å². The van der Waals surface area contributed by atoms with E-state index < -0.39 is 10.0 Å². The molecule has 0 aliphatic heterocycles. The van der Waals surface area contributed by atoms with Crippen LogP contribution >= 0.6 is 0 Å². The Morgan fingerprint density at radius 1 is 1.24 bits per heavy atom. The predicted octanol–water partition coefficient (Wildman–Crippen LogP) is 2.26. The molecular weight excluding hydrogens is 284 g/mol. The van der Waals surface area contributed by atoms with Crippen molar-refractivity contribution in [3.63, 3.8) is 0 Å². The van der Waals surface area contributed by atoms with Crippen molar-refractivity contribution in [2.45, 2.75) is 38.5 Å². The molecule has 2 N–H and O–H groups in total. The van der Waals surface area contributed by atoms with Gasteiger partial charge in [-0.2, -0.15) is 0 Å². The highest BCUT2D eigenvalue weighted by Crippen LogP contribution is 2.29. The van der Waals surface area contributed by atoms with Crippen LogP contribution in [0.5, 0.6) is 0 Å². The van der Waals surface area contributed by atoms with Crippen LogP contribution in [0.4, 0.5) is 0 Å². The summed E-state index contributed by atoms with van der Waals surface area (Å²) in [5.74, 6) is 1.30. The first kappa shape index (κ1) is 16.5. The van der Waals surface area contributed by atoms with Gasteiger partial charge in [0, 0.05) is 13.1 Å². The number of rotatable bonds is 7. The molecule has 2 rings (SSSR count). The average molecular weight is 310 g/mol. The third kappa shape index (κ3) is 5.41. The second kappa shape index (κ2) is 7.38. The Labute approximate surface area is 128 Å². The fraction of sp³-hybridized carbons (Fsp3) is 0.625. The Balaban J connectivity index is 1.89. The molecule has 0 radical (unpaired) electrons. The summed E-state index contributed by atoms with van der Waals surface area (Å²) in [6.07, 6.45) is 3.50. The maximum Gasteiger partial charge on any atom is 0.215 e. The summed E-state index contributed by atoms with van der Waals surface area (Å²) in [6.45, 7) is 3.58. The van der Waals surface area contributed by atoms with E-state index in [0.29, 0.717) is 12.5 Å². The molecule has 1 aliphatic rings. The highest BCUT2D eigenvalue weighted by Gasteiger charge is 2.23. The molecule has 1 aliphatic carbocycles. The van der Waals surface area contributed by atoms with Crippen LogP contribution in [0.2, 0.25) is 0 Å². The normalized spacial score (nSPS) is 22.6. The Kier molecular flexibility index (Phi) is 5.79. The molecule has 1 fully saturated rings. The zero-order chi connectivity index (χ0) is 15.3. The number of hydrogen-bond acceptors (Lipinski definition) is 3. The molecule has 0 bridgehead atoms. The van der Waals surface area contributed by atoms with Crippen LogP contribution in [0, 0.1) is 11.8 Å². The molecule has 2 atom stereocenters. The molecule has 118 valence electrons. The van der Waals surface area contributed by atoms with E-state index in [9.17, 15) is 8.42 Å². The van der Waals surface area contributed by atoms with Crippen LogP contribution in [0.1, 0.15) is 37.3 Å². The van der Waals surface area contributed by atoms with Crippen molar-refractivity contribution in [3.05, 3.63) is 35.4 Å². The maximum absolute atomic E-state index is 12.2. The largest absolute Gasteiger partial charge is 0.316 e. The first-order chi connectivity index (χ1) is 9.98. The minimum Gasteiger partial charge on any atom is -0.316 e. The van der Waals surface area contributed by atoms with Gasteiger partial charge in [-0.15, -0.1) is 0 Å². The van der Waals surface area contributed by atoms with Gasteiger partial charge in [0.25, 0.3) is 0 Å². The van der Waals surface area contributed by atoms with Crippen LogP contribution < -0.4 is 10.0 Å². The standard InChI is InChI=1S/C16H26N2O2S/c1-13-6-7-15(8-13)11-18-21(19,20)12-16-5-3-4-14(9-16)10-17-2/h3-5,9,13,15,17-18H,6-8,10-12H2,1-2H3. The predicted molar refractivity (Wildman–Crippen MR) is 86.3 cm³/mol. The molecule has 0 saturated heterocycles. The van der Waals surface area contributed by atoms with Gasteiger partial charge in [-0.05, 0) is 42.9 Å². The molecule has 0 spiro atoms. The Morgan fingerprint density at radius 2 is 2.00 bits per heavy atom. The highest BCUT2D eigenvalue weighted by atomic mass is 32.2.